The van der Waals surface area contributed by atoms with Gasteiger partial charge in [0.15, 0.2) is 0 Å². The molecule has 4 saturated carbocycles. The summed E-state index contributed by atoms with van der Waals surface area (Å²) in [6.45, 7) is 1.92. The molecule has 4 fully saturated rings. The number of ether oxygens (including phenoxy) is 1. The number of rotatable bonds is 3. The number of halogens is 2. The summed E-state index contributed by atoms with van der Waals surface area (Å²) in [5.74, 6) is 1.35. The first kappa shape index (κ1) is 16.0. The largest absolute Gasteiger partial charge is 0.457 e. The quantitative estimate of drug-likeness (QED) is 0.484. The second-order valence-electron chi connectivity index (χ2n) is 7.96. The first-order valence-corrected chi connectivity index (χ1v) is 9.71. The Morgan fingerprint density at radius 2 is 1.91 bits per heavy atom. The van der Waals surface area contributed by atoms with Crippen molar-refractivity contribution in [1.82, 2.24) is 0 Å². The van der Waals surface area contributed by atoms with Crippen LogP contribution in [0.2, 0.25) is 5.02 Å². The maximum atomic E-state index is 13.0. The molecule has 0 spiro atoms. The second-order valence-corrected chi connectivity index (χ2v) is 10.1. The molecule has 4 heteroatoms. The Bertz CT molecular complexity index is 630. The molecule has 1 aromatic carbocycles. The Hall–Kier alpha value is -0.540. The zero-order valence-corrected chi connectivity index (χ0v) is 15.7. The maximum Gasteiger partial charge on any atom is 0.312 e. The van der Waals surface area contributed by atoms with Crippen LogP contribution in [-0.2, 0) is 9.53 Å². The Kier molecular flexibility index (Phi) is 3.81. The molecule has 23 heavy (non-hydrogen) atoms. The molecule has 4 aliphatic carbocycles. The molecule has 5 atom stereocenters. The van der Waals surface area contributed by atoms with Crippen molar-refractivity contribution in [3.8, 4) is 0 Å². The molecule has 0 radical (unpaired) electrons. The lowest BCUT2D eigenvalue weighted by Gasteiger charge is -2.59. The van der Waals surface area contributed by atoms with Crippen LogP contribution in [0.1, 0.15) is 57.1 Å². The van der Waals surface area contributed by atoms with Crippen LogP contribution in [0, 0.1) is 17.3 Å². The first-order valence-electron chi connectivity index (χ1n) is 8.54. The van der Waals surface area contributed by atoms with Crippen LogP contribution in [-0.4, -0.2) is 10.3 Å². The van der Waals surface area contributed by atoms with Crippen molar-refractivity contribution >= 4 is 33.5 Å². The molecular weight excluding hydrogens is 376 g/mol. The van der Waals surface area contributed by atoms with E-state index in [0.717, 1.165) is 24.8 Å². The monoisotopic (exact) mass is 396 g/mol. The summed E-state index contributed by atoms with van der Waals surface area (Å²) in [6, 6.07) is 7.61. The highest BCUT2D eigenvalue weighted by Gasteiger charge is 2.60. The predicted molar refractivity (Wildman–Crippen MR) is 94.7 cm³/mol. The first-order chi connectivity index (χ1) is 10.9. The standard InChI is InChI=1S/C19H22BrClO2/c1-12(15-4-2-3-5-16(15)21)23-17(22)18-7-13-6-14(8-18)10-19(20,9-13)11-18/h2-5,12-14H,6-11H2,1H3/t12-,13-,14+,18?,19?/m0/s1. The number of esters is 1. The van der Waals surface area contributed by atoms with E-state index in [1.807, 2.05) is 31.2 Å². The Morgan fingerprint density at radius 3 is 2.52 bits per heavy atom. The molecule has 2 unspecified atom stereocenters. The van der Waals surface area contributed by atoms with Gasteiger partial charge in [0.25, 0.3) is 0 Å². The van der Waals surface area contributed by atoms with E-state index in [4.69, 9.17) is 16.3 Å². The van der Waals surface area contributed by atoms with Gasteiger partial charge in [-0.1, -0.05) is 45.7 Å². The molecule has 0 N–H and O–H groups in total. The topological polar surface area (TPSA) is 26.3 Å². The van der Waals surface area contributed by atoms with Gasteiger partial charge in [-0.25, -0.2) is 0 Å². The molecule has 0 aliphatic heterocycles. The minimum atomic E-state index is -0.296. The highest BCUT2D eigenvalue weighted by molar-refractivity contribution is 9.10. The number of hydrogen-bond donors (Lipinski definition) is 0. The number of hydrogen-bond acceptors (Lipinski definition) is 2. The minimum absolute atomic E-state index is 0.0113. The SMILES string of the molecule is C[C@H](OC(=O)C12C[C@@H]3C[C@@H](CC(Br)(C3)C1)C2)c1ccccc1Cl. The van der Waals surface area contributed by atoms with E-state index in [0.29, 0.717) is 16.9 Å². The third kappa shape index (κ3) is 2.74. The van der Waals surface area contributed by atoms with Gasteiger partial charge in [0.05, 0.1) is 5.41 Å². The molecule has 0 amide bonds. The maximum absolute atomic E-state index is 13.0. The summed E-state index contributed by atoms with van der Waals surface area (Å²) in [6.07, 6.45) is 6.38. The minimum Gasteiger partial charge on any atom is -0.457 e. The average molecular weight is 398 g/mol. The number of carbonyl (C=O) groups excluding carboxylic acids is 1. The van der Waals surface area contributed by atoms with Gasteiger partial charge in [-0.05, 0) is 63.4 Å². The molecular formula is C19H22BrClO2. The fourth-order valence-corrected chi connectivity index (χ4v) is 7.29. The normalized spacial score (nSPS) is 39.3. The summed E-state index contributed by atoms with van der Waals surface area (Å²) in [7, 11) is 0. The van der Waals surface area contributed by atoms with Crippen LogP contribution in [0.15, 0.2) is 24.3 Å². The fourth-order valence-electron chi connectivity index (χ4n) is 5.54. The predicted octanol–water partition coefficient (Wildman–Crippen LogP) is 5.68. The molecule has 1 aromatic rings. The van der Waals surface area contributed by atoms with Crippen molar-refractivity contribution in [2.45, 2.75) is 55.9 Å². The van der Waals surface area contributed by atoms with Gasteiger partial charge in [-0.3, -0.25) is 4.79 Å². The van der Waals surface area contributed by atoms with E-state index in [9.17, 15) is 4.79 Å². The van der Waals surface area contributed by atoms with Gasteiger partial charge in [0.1, 0.15) is 6.10 Å². The lowest BCUT2D eigenvalue weighted by atomic mass is 9.49. The van der Waals surface area contributed by atoms with Crippen LogP contribution in [0.4, 0.5) is 0 Å². The van der Waals surface area contributed by atoms with Crippen molar-refractivity contribution in [3.63, 3.8) is 0 Å². The van der Waals surface area contributed by atoms with E-state index >= 15 is 0 Å². The molecule has 0 saturated heterocycles. The summed E-state index contributed by atoms with van der Waals surface area (Å²) in [5, 5.41) is 0.662. The van der Waals surface area contributed by atoms with Crippen LogP contribution >= 0.6 is 27.5 Å². The average Bonchev–Trinajstić information content (AvgIpc) is 2.44. The number of benzene rings is 1. The molecule has 0 aromatic heterocycles. The van der Waals surface area contributed by atoms with Crippen molar-refractivity contribution in [3.05, 3.63) is 34.9 Å². The lowest BCUT2D eigenvalue weighted by Crippen LogP contribution is -2.56. The van der Waals surface area contributed by atoms with Crippen molar-refractivity contribution in [2.24, 2.45) is 17.3 Å². The van der Waals surface area contributed by atoms with Gasteiger partial charge in [0, 0.05) is 14.9 Å². The van der Waals surface area contributed by atoms with E-state index in [2.05, 4.69) is 15.9 Å². The summed E-state index contributed by atoms with van der Waals surface area (Å²) >= 11 is 10.2. The van der Waals surface area contributed by atoms with Gasteiger partial charge in [-0.15, -0.1) is 0 Å². The molecule has 0 heterocycles. The van der Waals surface area contributed by atoms with Crippen molar-refractivity contribution in [1.29, 1.82) is 0 Å². The zero-order valence-electron chi connectivity index (χ0n) is 13.4. The van der Waals surface area contributed by atoms with Crippen LogP contribution < -0.4 is 0 Å². The third-order valence-electron chi connectivity index (χ3n) is 6.05. The van der Waals surface area contributed by atoms with Crippen molar-refractivity contribution < 1.29 is 9.53 Å². The van der Waals surface area contributed by atoms with Gasteiger partial charge in [0.2, 0.25) is 0 Å². The van der Waals surface area contributed by atoms with Crippen molar-refractivity contribution in [2.75, 3.05) is 0 Å². The number of alkyl halides is 1. The van der Waals surface area contributed by atoms with Gasteiger partial charge >= 0.3 is 5.97 Å². The Balaban J connectivity index is 1.54. The Labute approximate surface area is 151 Å². The van der Waals surface area contributed by atoms with Crippen LogP contribution in [0.25, 0.3) is 0 Å². The third-order valence-corrected chi connectivity index (χ3v) is 7.32. The van der Waals surface area contributed by atoms with E-state index < -0.39 is 0 Å². The molecule has 124 valence electrons. The highest BCUT2D eigenvalue weighted by atomic mass is 79.9. The second kappa shape index (κ2) is 5.49. The van der Waals surface area contributed by atoms with E-state index in [-0.39, 0.29) is 21.8 Å². The lowest BCUT2D eigenvalue weighted by molar-refractivity contribution is -0.174. The molecule has 5 rings (SSSR count). The summed E-state index contributed by atoms with van der Waals surface area (Å²) in [4.78, 5) is 13.0. The van der Waals surface area contributed by atoms with Crippen LogP contribution in [0.3, 0.4) is 0 Å². The molecule has 4 bridgehead atoms. The van der Waals surface area contributed by atoms with E-state index in [1.165, 1.54) is 19.3 Å². The summed E-state index contributed by atoms with van der Waals surface area (Å²) < 4.78 is 6.07. The van der Waals surface area contributed by atoms with Gasteiger partial charge in [-0.2, -0.15) is 0 Å². The van der Waals surface area contributed by atoms with Crippen LogP contribution in [0.5, 0.6) is 0 Å². The zero-order chi connectivity index (χ0) is 16.2. The van der Waals surface area contributed by atoms with Gasteiger partial charge < -0.3 is 4.74 Å². The van der Waals surface area contributed by atoms with E-state index in [1.54, 1.807) is 0 Å². The highest BCUT2D eigenvalue weighted by Crippen LogP contribution is 2.64. The fraction of sp³-hybridized carbons (Fsp3) is 0.632. The number of carbonyl (C=O) groups is 1. The Morgan fingerprint density at radius 1 is 1.26 bits per heavy atom. The smallest absolute Gasteiger partial charge is 0.312 e. The molecule has 2 nitrogen and oxygen atoms in total. The summed E-state index contributed by atoms with van der Waals surface area (Å²) in [5.41, 5.74) is 0.615. The molecule has 4 aliphatic rings.